The van der Waals surface area contributed by atoms with E-state index in [0.29, 0.717) is 23.8 Å². The quantitative estimate of drug-likeness (QED) is 0.840. The highest BCUT2D eigenvalue weighted by atomic mass is 16.5. The molecule has 2 heterocycles. The number of hydrogen-bond donors (Lipinski definition) is 1. The number of aromatic nitrogens is 1. The van der Waals surface area contributed by atoms with Crippen LogP contribution in [0.5, 0.6) is 5.75 Å². The van der Waals surface area contributed by atoms with Crippen LogP contribution in [0.15, 0.2) is 18.5 Å². The number of rotatable bonds is 5. The monoisotopic (exact) mass is 276 g/mol. The molecule has 1 fully saturated rings. The van der Waals surface area contributed by atoms with Gasteiger partial charge in [-0.05, 0) is 44.8 Å². The van der Waals surface area contributed by atoms with Crippen LogP contribution >= 0.6 is 0 Å². The van der Waals surface area contributed by atoms with E-state index < -0.39 is 0 Å². The van der Waals surface area contributed by atoms with Gasteiger partial charge in [0.25, 0.3) is 0 Å². The SMILES string of the molecule is CCOc1cncc(C(=O)C(C)(C)C2CCCNC2)c1. The van der Waals surface area contributed by atoms with E-state index in [1.54, 1.807) is 18.5 Å². The summed E-state index contributed by atoms with van der Waals surface area (Å²) in [6.45, 7) is 8.56. The molecular weight excluding hydrogens is 252 g/mol. The standard InChI is InChI=1S/C16H24N2O2/c1-4-20-14-8-12(9-18-11-14)15(19)16(2,3)13-6-5-7-17-10-13/h8-9,11,13,17H,4-7,10H2,1-3H3. The fourth-order valence-corrected chi connectivity index (χ4v) is 2.81. The summed E-state index contributed by atoms with van der Waals surface area (Å²) in [5.41, 5.74) is 0.270. The Morgan fingerprint density at radius 2 is 2.30 bits per heavy atom. The number of nitrogens with zero attached hydrogens (tertiary/aromatic N) is 1. The van der Waals surface area contributed by atoms with Crippen molar-refractivity contribution in [1.29, 1.82) is 0 Å². The third-order valence-corrected chi connectivity index (χ3v) is 4.19. The van der Waals surface area contributed by atoms with Crippen LogP contribution in [0, 0.1) is 11.3 Å². The van der Waals surface area contributed by atoms with Crippen LogP contribution in [0.1, 0.15) is 44.0 Å². The van der Waals surface area contributed by atoms with E-state index in [0.717, 1.165) is 25.9 Å². The topological polar surface area (TPSA) is 51.2 Å². The highest BCUT2D eigenvalue weighted by molar-refractivity contribution is 6.00. The van der Waals surface area contributed by atoms with E-state index in [-0.39, 0.29) is 11.2 Å². The number of ketones is 1. The molecule has 0 amide bonds. The molecule has 4 nitrogen and oxygen atoms in total. The minimum Gasteiger partial charge on any atom is -0.492 e. The molecule has 0 aliphatic carbocycles. The Labute approximate surface area is 120 Å². The zero-order valence-electron chi connectivity index (χ0n) is 12.6. The van der Waals surface area contributed by atoms with Crippen LogP contribution in [0.25, 0.3) is 0 Å². The summed E-state index contributed by atoms with van der Waals surface area (Å²) in [6.07, 6.45) is 5.53. The maximum Gasteiger partial charge on any atom is 0.170 e. The first kappa shape index (κ1) is 15.0. The molecule has 0 spiro atoms. The van der Waals surface area contributed by atoms with Gasteiger partial charge in [-0.25, -0.2) is 0 Å². The summed E-state index contributed by atoms with van der Waals surface area (Å²) >= 11 is 0. The number of pyridine rings is 1. The summed E-state index contributed by atoms with van der Waals surface area (Å²) in [5.74, 6) is 1.19. The highest BCUT2D eigenvalue weighted by Gasteiger charge is 2.37. The van der Waals surface area contributed by atoms with Gasteiger partial charge in [0, 0.05) is 17.2 Å². The third kappa shape index (κ3) is 3.18. The van der Waals surface area contributed by atoms with Crippen LogP contribution < -0.4 is 10.1 Å². The molecule has 1 aliphatic rings. The lowest BCUT2D eigenvalue weighted by atomic mass is 9.70. The first-order chi connectivity index (χ1) is 9.55. The number of piperidine rings is 1. The van der Waals surface area contributed by atoms with Gasteiger partial charge in [-0.1, -0.05) is 13.8 Å². The average Bonchev–Trinajstić information content (AvgIpc) is 2.48. The van der Waals surface area contributed by atoms with Crippen LogP contribution in [-0.2, 0) is 0 Å². The molecule has 4 heteroatoms. The van der Waals surface area contributed by atoms with Gasteiger partial charge in [0.1, 0.15) is 5.75 Å². The Kier molecular flexibility index (Phi) is 4.76. The summed E-state index contributed by atoms with van der Waals surface area (Å²) in [7, 11) is 0. The Morgan fingerprint density at radius 1 is 1.50 bits per heavy atom. The van der Waals surface area contributed by atoms with E-state index in [4.69, 9.17) is 4.74 Å². The fraction of sp³-hybridized carbons (Fsp3) is 0.625. The Bertz CT molecular complexity index is 465. The van der Waals surface area contributed by atoms with Gasteiger partial charge < -0.3 is 10.1 Å². The first-order valence-corrected chi connectivity index (χ1v) is 7.39. The molecule has 2 rings (SSSR count). The van der Waals surface area contributed by atoms with Crippen molar-refractivity contribution in [2.75, 3.05) is 19.7 Å². The smallest absolute Gasteiger partial charge is 0.170 e. The van der Waals surface area contributed by atoms with Gasteiger partial charge in [-0.3, -0.25) is 9.78 Å². The summed E-state index contributed by atoms with van der Waals surface area (Å²) < 4.78 is 5.43. The zero-order chi connectivity index (χ0) is 14.6. The second-order valence-electron chi connectivity index (χ2n) is 5.94. The van der Waals surface area contributed by atoms with Crippen LogP contribution in [0.2, 0.25) is 0 Å². The van der Waals surface area contributed by atoms with E-state index in [2.05, 4.69) is 10.3 Å². The van der Waals surface area contributed by atoms with Crippen molar-refractivity contribution in [3.05, 3.63) is 24.0 Å². The molecule has 110 valence electrons. The van der Waals surface area contributed by atoms with Gasteiger partial charge in [0.2, 0.25) is 0 Å². The lowest BCUT2D eigenvalue weighted by Crippen LogP contribution is -2.42. The van der Waals surface area contributed by atoms with Crippen LogP contribution in [0.3, 0.4) is 0 Å². The third-order valence-electron chi connectivity index (χ3n) is 4.19. The normalized spacial score (nSPS) is 19.6. The van der Waals surface area contributed by atoms with Crippen molar-refractivity contribution in [3.63, 3.8) is 0 Å². The number of hydrogen-bond acceptors (Lipinski definition) is 4. The van der Waals surface area contributed by atoms with Crippen molar-refractivity contribution in [3.8, 4) is 5.75 Å². The highest BCUT2D eigenvalue weighted by Crippen LogP contribution is 2.35. The molecule has 20 heavy (non-hydrogen) atoms. The Balaban J connectivity index is 2.18. The second kappa shape index (κ2) is 6.35. The number of carbonyl (C=O) groups excluding carboxylic acids is 1. The molecule has 1 saturated heterocycles. The predicted octanol–water partition coefficient (Wildman–Crippen LogP) is 2.69. The lowest BCUT2D eigenvalue weighted by Gasteiger charge is -2.36. The molecule has 1 N–H and O–H groups in total. The van der Waals surface area contributed by atoms with Crippen LogP contribution in [0.4, 0.5) is 0 Å². The molecule has 1 unspecified atom stereocenters. The lowest BCUT2D eigenvalue weighted by molar-refractivity contribution is 0.0707. The molecular formula is C16H24N2O2. The fourth-order valence-electron chi connectivity index (χ4n) is 2.81. The molecule has 0 aromatic carbocycles. The minimum atomic E-state index is -0.375. The number of ether oxygens (including phenoxy) is 1. The number of nitrogens with one attached hydrogen (secondary N) is 1. The average molecular weight is 276 g/mol. The van der Waals surface area contributed by atoms with Gasteiger partial charge >= 0.3 is 0 Å². The van der Waals surface area contributed by atoms with Gasteiger partial charge in [0.15, 0.2) is 5.78 Å². The number of carbonyl (C=O) groups is 1. The number of Topliss-reactive ketones (excluding diaryl/α,β-unsaturated/α-hetero) is 1. The van der Waals surface area contributed by atoms with Gasteiger partial charge in [0.05, 0.1) is 12.8 Å². The van der Waals surface area contributed by atoms with Gasteiger partial charge in [-0.15, -0.1) is 0 Å². The summed E-state index contributed by atoms with van der Waals surface area (Å²) in [5, 5.41) is 3.39. The molecule has 0 saturated carbocycles. The largest absolute Gasteiger partial charge is 0.492 e. The maximum absolute atomic E-state index is 12.8. The minimum absolute atomic E-state index is 0.153. The second-order valence-corrected chi connectivity index (χ2v) is 5.94. The Morgan fingerprint density at radius 3 is 2.95 bits per heavy atom. The molecule has 1 aromatic rings. The van der Waals surface area contributed by atoms with Crippen molar-refractivity contribution in [2.24, 2.45) is 11.3 Å². The maximum atomic E-state index is 12.8. The molecule has 1 aromatic heterocycles. The van der Waals surface area contributed by atoms with Crippen molar-refractivity contribution >= 4 is 5.78 Å². The van der Waals surface area contributed by atoms with Crippen molar-refractivity contribution < 1.29 is 9.53 Å². The van der Waals surface area contributed by atoms with Crippen LogP contribution in [-0.4, -0.2) is 30.5 Å². The van der Waals surface area contributed by atoms with E-state index in [1.165, 1.54) is 0 Å². The molecule has 0 bridgehead atoms. The van der Waals surface area contributed by atoms with E-state index in [1.807, 2.05) is 20.8 Å². The van der Waals surface area contributed by atoms with Crippen molar-refractivity contribution in [1.82, 2.24) is 10.3 Å². The molecule has 0 radical (unpaired) electrons. The Hall–Kier alpha value is -1.42. The van der Waals surface area contributed by atoms with Crippen molar-refractivity contribution in [2.45, 2.75) is 33.6 Å². The van der Waals surface area contributed by atoms with E-state index >= 15 is 0 Å². The predicted molar refractivity (Wildman–Crippen MR) is 79.1 cm³/mol. The zero-order valence-corrected chi connectivity index (χ0v) is 12.6. The first-order valence-electron chi connectivity index (χ1n) is 7.39. The molecule has 1 aliphatic heterocycles. The van der Waals surface area contributed by atoms with E-state index in [9.17, 15) is 4.79 Å². The molecule has 1 atom stereocenters. The summed E-state index contributed by atoms with van der Waals surface area (Å²) in [6, 6.07) is 1.80. The van der Waals surface area contributed by atoms with Gasteiger partial charge in [-0.2, -0.15) is 0 Å². The summed E-state index contributed by atoms with van der Waals surface area (Å²) in [4.78, 5) is 16.9.